The Morgan fingerprint density at radius 3 is 2.82 bits per heavy atom. The van der Waals surface area contributed by atoms with Crippen LogP contribution in [0.2, 0.25) is 0 Å². The summed E-state index contributed by atoms with van der Waals surface area (Å²) >= 11 is 1.53. The lowest BCUT2D eigenvalue weighted by atomic mass is 10.0. The summed E-state index contributed by atoms with van der Waals surface area (Å²) in [5, 5.41) is 0.529. The molecule has 0 saturated carbocycles. The minimum atomic E-state index is -0.0708. The van der Waals surface area contributed by atoms with Gasteiger partial charge in [-0.25, -0.2) is 15.0 Å². The molecule has 140 valence electrons. The predicted octanol–water partition coefficient (Wildman–Crippen LogP) is 2.88. The van der Waals surface area contributed by atoms with Crippen molar-refractivity contribution in [2.75, 3.05) is 13.1 Å². The highest BCUT2D eigenvalue weighted by atomic mass is 32.1. The van der Waals surface area contributed by atoms with E-state index in [-0.39, 0.29) is 17.5 Å². The molecule has 0 N–H and O–H groups in total. The Balaban J connectivity index is 1.34. The minimum absolute atomic E-state index is 0.0296. The highest BCUT2D eigenvalue weighted by Crippen LogP contribution is 2.24. The van der Waals surface area contributed by atoms with Gasteiger partial charge in [0.1, 0.15) is 6.33 Å². The van der Waals surface area contributed by atoms with Crippen molar-refractivity contribution in [3.05, 3.63) is 64.3 Å². The van der Waals surface area contributed by atoms with Gasteiger partial charge in [0.25, 0.3) is 11.5 Å². The largest absolute Gasteiger partial charge is 0.338 e. The zero-order valence-electron chi connectivity index (χ0n) is 15.0. The summed E-state index contributed by atoms with van der Waals surface area (Å²) < 4.78 is 2.71. The molecular weight excluding hydrogens is 374 g/mol. The SMILES string of the molecule is O=C(c1ccc2ncsc2c1)N1CCC(n2cnc3ncccc3c2=O)CC1. The van der Waals surface area contributed by atoms with Gasteiger partial charge in [0.2, 0.25) is 0 Å². The van der Waals surface area contributed by atoms with Gasteiger partial charge in [-0.1, -0.05) is 0 Å². The fourth-order valence-electron chi connectivity index (χ4n) is 3.75. The second kappa shape index (κ2) is 6.79. The van der Waals surface area contributed by atoms with Crippen LogP contribution >= 0.6 is 11.3 Å². The van der Waals surface area contributed by atoms with Crippen LogP contribution in [-0.4, -0.2) is 43.4 Å². The highest BCUT2D eigenvalue weighted by Gasteiger charge is 2.26. The lowest BCUT2D eigenvalue weighted by Gasteiger charge is -2.32. The molecule has 1 aliphatic heterocycles. The van der Waals surface area contributed by atoms with Crippen molar-refractivity contribution in [3.63, 3.8) is 0 Å². The Bertz CT molecular complexity index is 1240. The van der Waals surface area contributed by atoms with Crippen LogP contribution in [0.4, 0.5) is 0 Å². The number of aromatic nitrogens is 4. The van der Waals surface area contributed by atoms with Crippen LogP contribution in [0, 0.1) is 0 Å². The molecule has 8 heteroatoms. The molecule has 3 aromatic heterocycles. The molecule has 1 fully saturated rings. The molecule has 0 bridgehead atoms. The van der Waals surface area contributed by atoms with Gasteiger partial charge in [0.05, 0.1) is 21.1 Å². The molecule has 0 aliphatic carbocycles. The topological polar surface area (TPSA) is 81.0 Å². The van der Waals surface area contributed by atoms with Crippen molar-refractivity contribution in [1.29, 1.82) is 0 Å². The average Bonchev–Trinajstić information content (AvgIpc) is 3.22. The second-order valence-corrected chi connectivity index (χ2v) is 7.78. The Kier molecular flexibility index (Phi) is 4.12. The zero-order chi connectivity index (χ0) is 19.1. The molecule has 7 nitrogen and oxygen atoms in total. The molecule has 0 unspecified atom stereocenters. The van der Waals surface area contributed by atoms with Crippen molar-refractivity contribution < 1.29 is 4.79 Å². The first-order chi connectivity index (χ1) is 13.7. The van der Waals surface area contributed by atoms with Crippen molar-refractivity contribution in [2.45, 2.75) is 18.9 Å². The van der Waals surface area contributed by atoms with Gasteiger partial charge >= 0.3 is 0 Å². The molecule has 0 radical (unpaired) electrons. The normalized spacial score (nSPS) is 15.4. The van der Waals surface area contributed by atoms with Gasteiger partial charge < -0.3 is 4.90 Å². The number of pyridine rings is 1. The number of hydrogen-bond acceptors (Lipinski definition) is 6. The standard InChI is InChI=1S/C20H17N5O2S/c26-19(13-3-4-16-17(10-13)28-12-23-16)24-8-5-14(6-9-24)25-11-22-18-15(20(25)27)2-1-7-21-18/h1-4,7,10-12,14H,5-6,8-9H2. The molecule has 1 aromatic carbocycles. The van der Waals surface area contributed by atoms with Gasteiger partial charge in [0.15, 0.2) is 5.65 Å². The summed E-state index contributed by atoms with van der Waals surface area (Å²) in [6.45, 7) is 1.23. The molecule has 4 heterocycles. The van der Waals surface area contributed by atoms with E-state index < -0.39 is 0 Å². The van der Waals surface area contributed by atoms with Crippen LogP contribution in [0.25, 0.3) is 21.3 Å². The van der Waals surface area contributed by atoms with Gasteiger partial charge in [-0.05, 0) is 43.2 Å². The third kappa shape index (κ3) is 2.86. The number of carbonyl (C=O) groups excluding carboxylic acids is 1. The maximum Gasteiger partial charge on any atom is 0.263 e. The van der Waals surface area contributed by atoms with Crippen LogP contribution in [0.3, 0.4) is 0 Å². The molecule has 1 saturated heterocycles. The maximum absolute atomic E-state index is 12.9. The lowest BCUT2D eigenvalue weighted by molar-refractivity contribution is 0.0693. The van der Waals surface area contributed by atoms with Crippen LogP contribution in [0.5, 0.6) is 0 Å². The van der Waals surface area contributed by atoms with E-state index in [0.29, 0.717) is 29.7 Å². The van der Waals surface area contributed by atoms with Gasteiger partial charge in [-0.3, -0.25) is 14.2 Å². The number of thiazole rings is 1. The van der Waals surface area contributed by atoms with E-state index >= 15 is 0 Å². The van der Waals surface area contributed by atoms with E-state index in [1.165, 1.54) is 11.3 Å². The third-order valence-electron chi connectivity index (χ3n) is 5.28. The van der Waals surface area contributed by atoms with E-state index in [9.17, 15) is 9.59 Å². The number of fused-ring (bicyclic) bond motifs is 2. The fraction of sp³-hybridized carbons (Fsp3) is 0.250. The first kappa shape index (κ1) is 17.0. The first-order valence-electron chi connectivity index (χ1n) is 9.15. The highest BCUT2D eigenvalue weighted by molar-refractivity contribution is 7.16. The predicted molar refractivity (Wildman–Crippen MR) is 108 cm³/mol. The summed E-state index contributed by atoms with van der Waals surface area (Å²) in [7, 11) is 0. The number of piperidine rings is 1. The zero-order valence-corrected chi connectivity index (χ0v) is 15.8. The molecule has 5 rings (SSSR count). The van der Waals surface area contributed by atoms with Gasteiger partial charge in [0, 0.05) is 30.9 Å². The third-order valence-corrected chi connectivity index (χ3v) is 6.07. The Morgan fingerprint density at radius 1 is 1.11 bits per heavy atom. The number of rotatable bonds is 2. The maximum atomic E-state index is 12.9. The van der Waals surface area contributed by atoms with Crippen LogP contribution in [0.15, 0.2) is 53.2 Å². The van der Waals surface area contributed by atoms with Crippen molar-refractivity contribution in [3.8, 4) is 0 Å². The molecular formula is C20H17N5O2S. The molecule has 28 heavy (non-hydrogen) atoms. The summed E-state index contributed by atoms with van der Waals surface area (Å²) in [5.74, 6) is 0.0296. The quantitative estimate of drug-likeness (QED) is 0.525. The Labute approximate surface area is 164 Å². The number of nitrogens with zero attached hydrogens (tertiary/aromatic N) is 5. The van der Waals surface area contributed by atoms with E-state index in [1.807, 2.05) is 23.1 Å². The minimum Gasteiger partial charge on any atom is -0.338 e. The van der Waals surface area contributed by atoms with E-state index in [4.69, 9.17) is 0 Å². The molecule has 4 aromatic rings. The summed E-state index contributed by atoms with van der Waals surface area (Å²) in [5.41, 5.74) is 3.78. The molecule has 0 spiro atoms. The smallest absolute Gasteiger partial charge is 0.263 e. The van der Waals surface area contributed by atoms with E-state index in [2.05, 4.69) is 15.0 Å². The Hall–Kier alpha value is -3.13. The monoisotopic (exact) mass is 391 g/mol. The average molecular weight is 391 g/mol. The van der Waals surface area contributed by atoms with E-state index in [1.54, 1.807) is 34.7 Å². The lowest BCUT2D eigenvalue weighted by Crippen LogP contribution is -2.40. The van der Waals surface area contributed by atoms with Gasteiger partial charge in [-0.2, -0.15) is 0 Å². The molecule has 0 atom stereocenters. The van der Waals surface area contributed by atoms with E-state index in [0.717, 1.165) is 23.1 Å². The number of hydrogen-bond donors (Lipinski definition) is 0. The second-order valence-electron chi connectivity index (χ2n) is 6.89. The van der Waals surface area contributed by atoms with Crippen molar-refractivity contribution >= 4 is 38.5 Å². The van der Waals surface area contributed by atoms with Gasteiger partial charge in [-0.15, -0.1) is 11.3 Å². The number of carbonyl (C=O) groups is 1. The van der Waals surface area contributed by atoms with Crippen LogP contribution in [0.1, 0.15) is 29.2 Å². The number of amides is 1. The van der Waals surface area contributed by atoms with Crippen LogP contribution in [-0.2, 0) is 0 Å². The number of benzene rings is 1. The summed E-state index contributed by atoms with van der Waals surface area (Å²) in [6, 6.07) is 9.17. The van der Waals surface area contributed by atoms with Crippen LogP contribution < -0.4 is 5.56 Å². The summed E-state index contributed by atoms with van der Waals surface area (Å²) in [6.07, 6.45) is 4.66. The number of likely N-dealkylation sites (tertiary alicyclic amines) is 1. The summed E-state index contributed by atoms with van der Waals surface area (Å²) in [4.78, 5) is 40.2. The first-order valence-corrected chi connectivity index (χ1v) is 10.0. The fourth-order valence-corrected chi connectivity index (χ4v) is 4.47. The van der Waals surface area contributed by atoms with Crippen molar-refractivity contribution in [2.24, 2.45) is 0 Å². The Morgan fingerprint density at radius 2 is 1.96 bits per heavy atom. The van der Waals surface area contributed by atoms with Crippen molar-refractivity contribution in [1.82, 2.24) is 24.4 Å². The molecule has 1 amide bonds. The molecule has 1 aliphatic rings.